The van der Waals surface area contributed by atoms with Gasteiger partial charge in [-0.1, -0.05) is 18.2 Å². The number of carboxylic acid groups (broad SMARTS) is 1. The van der Waals surface area contributed by atoms with Crippen LogP contribution in [0.3, 0.4) is 0 Å². The third kappa shape index (κ3) is 3.63. The average Bonchev–Trinajstić information content (AvgIpc) is 3.39. The molecule has 1 fully saturated rings. The number of anilines is 1. The van der Waals surface area contributed by atoms with Crippen LogP contribution in [0.25, 0.3) is 0 Å². The van der Waals surface area contributed by atoms with Crippen molar-refractivity contribution in [2.45, 2.75) is 38.0 Å². The molecule has 152 valence electrons. The Morgan fingerprint density at radius 1 is 1.28 bits per heavy atom. The lowest BCUT2D eigenvalue weighted by Crippen LogP contribution is -2.38. The number of methoxy groups -OCH3 is 1. The smallest absolute Gasteiger partial charge is 0.305 e. The van der Waals surface area contributed by atoms with Gasteiger partial charge in [-0.15, -0.1) is 0 Å². The van der Waals surface area contributed by atoms with Gasteiger partial charge >= 0.3 is 5.97 Å². The minimum absolute atomic E-state index is 0.0322. The number of carboxylic acids is 1. The van der Waals surface area contributed by atoms with Crippen LogP contribution in [-0.4, -0.2) is 53.6 Å². The van der Waals surface area contributed by atoms with Gasteiger partial charge in [-0.25, -0.2) is 0 Å². The Morgan fingerprint density at radius 3 is 2.83 bits per heavy atom. The molecule has 1 N–H and O–H groups in total. The molecular weight excluding hydrogens is 376 g/mol. The van der Waals surface area contributed by atoms with Crippen molar-refractivity contribution in [2.75, 3.05) is 18.6 Å². The summed E-state index contributed by atoms with van der Waals surface area (Å²) in [6.07, 6.45) is 1.85. The lowest BCUT2D eigenvalue weighted by molar-refractivity contribution is -0.138. The third-order valence-corrected chi connectivity index (χ3v) is 5.58. The summed E-state index contributed by atoms with van der Waals surface area (Å²) in [4.78, 5) is 40.0. The number of carbonyl (C=O) groups excluding carboxylic acids is 2. The first-order chi connectivity index (χ1) is 14.0. The summed E-state index contributed by atoms with van der Waals surface area (Å²) >= 11 is 0. The second-order valence-corrected chi connectivity index (χ2v) is 7.36. The maximum atomic E-state index is 13.2. The van der Waals surface area contributed by atoms with Crippen LogP contribution in [0.15, 0.2) is 41.0 Å². The van der Waals surface area contributed by atoms with E-state index in [0.29, 0.717) is 24.9 Å². The molecule has 3 heterocycles. The quantitative estimate of drug-likeness (QED) is 0.800. The zero-order valence-electron chi connectivity index (χ0n) is 16.0. The van der Waals surface area contributed by atoms with Crippen molar-refractivity contribution >= 4 is 23.5 Å². The van der Waals surface area contributed by atoms with E-state index in [-0.39, 0.29) is 36.6 Å². The van der Waals surface area contributed by atoms with E-state index < -0.39 is 12.0 Å². The van der Waals surface area contributed by atoms with E-state index in [1.165, 1.54) is 11.2 Å². The largest absolute Gasteiger partial charge is 0.481 e. The van der Waals surface area contributed by atoms with Crippen LogP contribution in [0.5, 0.6) is 0 Å². The van der Waals surface area contributed by atoms with Crippen molar-refractivity contribution in [2.24, 2.45) is 0 Å². The summed E-state index contributed by atoms with van der Waals surface area (Å²) < 4.78 is 10.8. The molecule has 2 unspecified atom stereocenters. The molecule has 2 amide bonds. The zero-order valence-corrected chi connectivity index (χ0v) is 16.0. The Morgan fingerprint density at radius 2 is 2.07 bits per heavy atom. The predicted octanol–water partition coefficient (Wildman–Crippen LogP) is 2.07. The van der Waals surface area contributed by atoms with Gasteiger partial charge in [-0.05, 0) is 24.1 Å². The fourth-order valence-electron chi connectivity index (χ4n) is 4.13. The minimum atomic E-state index is -0.969. The van der Waals surface area contributed by atoms with Gasteiger partial charge in [0.2, 0.25) is 5.91 Å². The van der Waals surface area contributed by atoms with Crippen molar-refractivity contribution in [3.05, 3.63) is 53.5 Å². The second kappa shape index (κ2) is 7.71. The number of carbonyl (C=O) groups is 3. The fraction of sp³-hybridized carbons (Fsp3) is 0.381. The molecule has 2 aliphatic heterocycles. The fourth-order valence-corrected chi connectivity index (χ4v) is 4.13. The molecule has 4 rings (SSSR count). The number of furan rings is 1. The molecule has 0 radical (unpaired) electrons. The topological polar surface area (TPSA) is 100 Å². The Kier molecular flexibility index (Phi) is 5.10. The number of benzene rings is 1. The number of nitrogens with zero attached hydrogens (tertiary/aromatic N) is 2. The number of fused-ring (bicyclic) bond motifs is 1. The van der Waals surface area contributed by atoms with Crippen molar-refractivity contribution in [3.63, 3.8) is 0 Å². The Bertz CT molecular complexity index is 952. The van der Waals surface area contributed by atoms with Crippen LogP contribution in [0.1, 0.15) is 34.5 Å². The highest BCUT2D eigenvalue weighted by molar-refractivity contribution is 6.01. The van der Waals surface area contributed by atoms with Crippen LogP contribution >= 0.6 is 0 Å². The maximum absolute atomic E-state index is 13.2. The normalized spacial score (nSPS) is 20.9. The van der Waals surface area contributed by atoms with Gasteiger partial charge in [0.25, 0.3) is 5.91 Å². The van der Waals surface area contributed by atoms with Gasteiger partial charge in [0.1, 0.15) is 0 Å². The van der Waals surface area contributed by atoms with Crippen molar-refractivity contribution in [1.82, 2.24) is 4.90 Å². The van der Waals surface area contributed by atoms with Gasteiger partial charge in [0, 0.05) is 30.9 Å². The van der Waals surface area contributed by atoms with E-state index in [1.54, 1.807) is 18.1 Å². The molecule has 1 aromatic heterocycles. The average molecular weight is 398 g/mol. The second-order valence-electron chi connectivity index (χ2n) is 7.36. The van der Waals surface area contributed by atoms with Gasteiger partial charge < -0.3 is 24.1 Å². The number of rotatable bonds is 6. The summed E-state index contributed by atoms with van der Waals surface area (Å²) in [6.45, 7) is 0.525. The lowest BCUT2D eigenvalue weighted by Gasteiger charge is -2.23. The highest BCUT2D eigenvalue weighted by atomic mass is 16.5. The Labute approximate surface area is 167 Å². The number of aliphatic carboxylic acids is 1. The molecule has 0 bridgehead atoms. The number of hydrogen-bond donors (Lipinski definition) is 1. The summed E-state index contributed by atoms with van der Waals surface area (Å²) in [5.41, 5.74) is 2.38. The molecule has 8 nitrogen and oxygen atoms in total. The maximum Gasteiger partial charge on any atom is 0.305 e. The molecule has 0 aliphatic carbocycles. The Hall–Kier alpha value is -3.13. The van der Waals surface area contributed by atoms with E-state index in [2.05, 4.69) is 0 Å². The van der Waals surface area contributed by atoms with Crippen LogP contribution in [-0.2, 0) is 27.3 Å². The minimum Gasteiger partial charge on any atom is -0.481 e. The van der Waals surface area contributed by atoms with E-state index in [1.807, 2.05) is 24.3 Å². The third-order valence-electron chi connectivity index (χ3n) is 5.58. The SMILES string of the molecule is COC1CC(CC(=O)O)N(C(=O)c2occc2CN2C(=O)Cc3ccccc32)C1. The lowest BCUT2D eigenvalue weighted by atomic mass is 10.1. The summed E-state index contributed by atoms with van der Waals surface area (Å²) in [6, 6.07) is 8.78. The molecule has 0 spiro atoms. The van der Waals surface area contributed by atoms with Crippen LogP contribution in [0, 0.1) is 0 Å². The molecule has 2 aliphatic rings. The van der Waals surface area contributed by atoms with E-state index in [0.717, 1.165) is 11.3 Å². The summed E-state index contributed by atoms with van der Waals surface area (Å²) in [5, 5.41) is 9.18. The van der Waals surface area contributed by atoms with Gasteiger partial charge in [0.05, 0.1) is 31.8 Å². The Balaban J connectivity index is 1.57. The number of likely N-dealkylation sites (tertiary alicyclic amines) is 1. The number of ether oxygens (including phenoxy) is 1. The molecular formula is C21H22N2O6. The van der Waals surface area contributed by atoms with E-state index >= 15 is 0 Å². The number of hydrogen-bond acceptors (Lipinski definition) is 5. The van der Waals surface area contributed by atoms with Crippen molar-refractivity contribution in [1.29, 1.82) is 0 Å². The highest BCUT2D eigenvalue weighted by Gasteiger charge is 2.39. The van der Waals surface area contributed by atoms with Gasteiger partial charge in [-0.3, -0.25) is 14.4 Å². The van der Waals surface area contributed by atoms with Crippen molar-refractivity contribution < 1.29 is 28.6 Å². The first-order valence-corrected chi connectivity index (χ1v) is 9.48. The zero-order chi connectivity index (χ0) is 20.5. The van der Waals surface area contributed by atoms with Crippen LogP contribution in [0.4, 0.5) is 5.69 Å². The van der Waals surface area contributed by atoms with Gasteiger partial charge in [0.15, 0.2) is 5.76 Å². The number of para-hydroxylation sites is 1. The highest BCUT2D eigenvalue weighted by Crippen LogP contribution is 2.32. The van der Waals surface area contributed by atoms with Gasteiger partial charge in [-0.2, -0.15) is 0 Å². The van der Waals surface area contributed by atoms with Crippen LogP contribution < -0.4 is 4.90 Å². The van der Waals surface area contributed by atoms with E-state index in [9.17, 15) is 19.5 Å². The summed E-state index contributed by atoms with van der Waals surface area (Å²) in [7, 11) is 1.55. The van der Waals surface area contributed by atoms with Crippen LogP contribution in [0.2, 0.25) is 0 Å². The molecule has 1 aromatic carbocycles. The molecule has 2 atom stereocenters. The standard InChI is InChI=1S/C21H22N2O6/c1-28-16-9-15(10-19(25)26)22(12-16)21(27)20-14(6-7-29-20)11-23-17-5-3-2-4-13(17)8-18(23)24/h2-7,15-16H,8-12H2,1H3,(H,25,26). The molecule has 2 aromatic rings. The molecule has 0 saturated carbocycles. The first kappa shape index (κ1) is 19.2. The van der Waals surface area contributed by atoms with E-state index in [4.69, 9.17) is 9.15 Å². The van der Waals surface area contributed by atoms with Crippen molar-refractivity contribution in [3.8, 4) is 0 Å². The number of amides is 2. The summed E-state index contributed by atoms with van der Waals surface area (Å²) in [5.74, 6) is -1.25. The first-order valence-electron chi connectivity index (χ1n) is 9.48. The molecule has 1 saturated heterocycles. The predicted molar refractivity (Wildman–Crippen MR) is 103 cm³/mol. The molecule has 8 heteroatoms. The molecule has 29 heavy (non-hydrogen) atoms. The monoisotopic (exact) mass is 398 g/mol.